The lowest BCUT2D eigenvalue weighted by molar-refractivity contribution is 0.0560. The van der Waals surface area contributed by atoms with E-state index in [9.17, 15) is 9.59 Å². The number of furan rings is 1. The zero-order valence-electron chi connectivity index (χ0n) is 15.3. The van der Waals surface area contributed by atoms with Crippen LogP contribution in [0, 0.1) is 13.8 Å². The summed E-state index contributed by atoms with van der Waals surface area (Å²) >= 11 is 1.46. The van der Waals surface area contributed by atoms with Crippen LogP contribution in [0.4, 0.5) is 0 Å². The molecule has 1 aliphatic heterocycles. The molecule has 7 nitrogen and oxygen atoms in total. The predicted molar refractivity (Wildman–Crippen MR) is 97.4 cm³/mol. The first-order valence-electron chi connectivity index (χ1n) is 8.60. The molecule has 2 aromatic heterocycles. The Balaban J connectivity index is 1.59. The lowest BCUT2D eigenvalue weighted by Crippen LogP contribution is -2.35. The van der Waals surface area contributed by atoms with E-state index in [0.29, 0.717) is 13.1 Å². The van der Waals surface area contributed by atoms with E-state index in [-0.39, 0.29) is 11.7 Å². The molecular weight excluding hydrogens is 354 g/mol. The molecule has 0 N–H and O–H groups in total. The molecule has 3 rings (SSSR count). The number of amides is 1. The Bertz CT molecular complexity index is 798. The summed E-state index contributed by atoms with van der Waals surface area (Å²) in [7, 11) is 1.33. The average molecular weight is 377 g/mol. The summed E-state index contributed by atoms with van der Waals surface area (Å²) in [6, 6.07) is 3.42. The van der Waals surface area contributed by atoms with Crippen molar-refractivity contribution < 1.29 is 18.7 Å². The number of nitrogens with zero attached hydrogens (tertiary/aromatic N) is 3. The molecule has 3 heterocycles. The van der Waals surface area contributed by atoms with Gasteiger partial charge in [0.25, 0.3) is 5.91 Å². The zero-order valence-corrected chi connectivity index (χ0v) is 16.1. The molecular formula is C18H23N3O4S. The second-order valence-electron chi connectivity index (χ2n) is 6.33. The van der Waals surface area contributed by atoms with Gasteiger partial charge in [-0.25, -0.2) is 9.78 Å². The van der Waals surface area contributed by atoms with Crippen molar-refractivity contribution in [2.24, 2.45) is 0 Å². The SMILES string of the molecule is COC(=O)c1ccc(CN2CCCN(C(=O)c3sc(C)nc3C)CC2)o1. The third-order valence-corrected chi connectivity index (χ3v) is 5.46. The van der Waals surface area contributed by atoms with Crippen LogP contribution < -0.4 is 0 Å². The lowest BCUT2D eigenvalue weighted by atomic mass is 10.3. The highest BCUT2D eigenvalue weighted by atomic mass is 32.1. The van der Waals surface area contributed by atoms with Crippen LogP contribution in [0.25, 0.3) is 0 Å². The number of aryl methyl sites for hydroxylation is 2. The molecule has 1 saturated heterocycles. The molecule has 140 valence electrons. The summed E-state index contributed by atoms with van der Waals surface area (Å²) in [5.41, 5.74) is 0.810. The van der Waals surface area contributed by atoms with Crippen molar-refractivity contribution >= 4 is 23.2 Å². The first kappa shape index (κ1) is 18.6. The summed E-state index contributed by atoms with van der Waals surface area (Å²) < 4.78 is 10.2. The molecule has 0 spiro atoms. The number of rotatable bonds is 4. The van der Waals surface area contributed by atoms with Gasteiger partial charge in [0.1, 0.15) is 10.6 Å². The minimum absolute atomic E-state index is 0.0703. The first-order chi connectivity index (χ1) is 12.5. The van der Waals surface area contributed by atoms with Crippen LogP contribution >= 0.6 is 11.3 Å². The lowest BCUT2D eigenvalue weighted by Gasteiger charge is -2.21. The Labute approximate surface area is 156 Å². The van der Waals surface area contributed by atoms with E-state index in [4.69, 9.17) is 4.42 Å². The van der Waals surface area contributed by atoms with E-state index in [1.807, 2.05) is 18.7 Å². The largest absolute Gasteiger partial charge is 0.463 e. The number of esters is 1. The highest BCUT2D eigenvalue weighted by Crippen LogP contribution is 2.20. The maximum atomic E-state index is 12.8. The Hall–Kier alpha value is -2.19. The van der Waals surface area contributed by atoms with Gasteiger partial charge in [-0.2, -0.15) is 0 Å². The average Bonchev–Trinajstić information content (AvgIpc) is 3.13. The minimum atomic E-state index is -0.473. The van der Waals surface area contributed by atoms with Gasteiger partial charge in [-0.05, 0) is 32.4 Å². The molecule has 8 heteroatoms. The van der Waals surface area contributed by atoms with Crippen molar-refractivity contribution in [3.8, 4) is 0 Å². The molecule has 0 saturated carbocycles. The van der Waals surface area contributed by atoms with Crippen LogP contribution in [0.5, 0.6) is 0 Å². The number of carbonyl (C=O) groups is 2. The molecule has 0 aliphatic carbocycles. The Morgan fingerprint density at radius 1 is 1.23 bits per heavy atom. The topological polar surface area (TPSA) is 75.9 Å². The fourth-order valence-electron chi connectivity index (χ4n) is 3.10. The first-order valence-corrected chi connectivity index (χ1v) is 9.42. The number of aromatic nitrogens is 1. The van der Waals surface area contributed by atoms with Crippen LogP contribution in [-0.2, 0) is 11.3 Å². The molecule has 26 heavy (non-hydrogen) atoms. The van der Waals surface area contributed by atoms with Crippen LogP contribution in [0.2, 0.25) is 0 Å². The van der Waals surface area contributed by atoms with Crippen molar-refractivity contribution in [2.75, 3.05) is 33.3 Å². The van der Waals surface area contributed by atoms with Crippen molar-refractivity contribution in [3.05, 3.63) is 39.2 Å². The quantitative estimate of drug-likeness (QED) is 0.762. The van der Waals surface area contributed by atoms with Crippen molar-refractivity contribution in [2.45, 2.75) is 26.8 Å². The standard InChI is InChI=1S/C18H23N3O4S/c1-12-16(26-13(2)19-12)17(22)21-8-4-7-20(9-10-21)11-14-5-6-15(25-14)18(23)24-3/h5-6H,4,7-11H2,1-3H3. The van der Waals surface area contributed by atoms with Crippen LogP contribution in [0.1, 0.15) is 43.1 Å². The molecule has 0 bridgehead atoms. The van der Waals surface area contributed by atoms with E-state index < -0.39 is 5.97 Å². The molecule has 0 unspecified atom stereocenters. The van der Waals surface area contributed by atoms with Gasteiger partial charge in [-0.3, -0.25) is 9.69 Å². The number of thiazole rings is 1. The highest BCUT2D eigenvalue weighted by molar-refractivity contribution is 7.13. The fourth-order valence-corrected chi connectivity index (χ4v) is 3.99. The Kier molecular flexibility index (Phi) is 5.73. The number of hydrogen-bond donors (Lipinski definition) is 0. The second kappa shape index (κ2) is 8.01. The van der Waals surface area contributed by atoms with Gasteiger partial charge in [0.05, 0.1) is 24.4 Å². The zero-order chi connectivity index (χ0) is 18.7. The molecule has 0 atom stereocenters. The Morgan fingerprint density at radius 3 is 2.73 bits per heavy atom. The molecule has 0 radical (unpaired) electrons. The third-order valence-electron chi connectivity index (χ3n) is 4.40. The molecule has 1 amide bonds. The van der Waals surface area contributed by atoms with Gasteiger partial charge >= 0.3 is 5.97 Å². The second-order valence-corrected chi connectivity index (χ2v) is 7.53. The van der Waals surface area contributed by atoms with E-state index in [2.05, 4.69) is 14.6 Å². The summed E-state index contributed by atoms with van der Waals surface area (Å²) in [5, 5.41) is 0.918. The maximum absolute atomic E-state index is 12.8. The fraction of sp³-hybridized carbons (Fsp3) is 0.500. The summed E-state index contributed by atoms with van der Waals surface area (Å²) in [4.78, 5) is 33.5. The van der Waals surface area contributed by atoms with Crippen molar-refractivity contribution in [1.82, 2.24) is 14.8 Å². The van der Waals surface area contributed by atoms with Crippen molar-refractivity contribution in [1.29, 1.82) is 0 Å². The van der Waals surface area contributed by atoms with Crippen LogP contribution in [0.15, 0.2) is 16.5 Å². The van der Waals surface area contributed by atoms with E-state index in [0.717, 1.165) is 47.4 Å². The maximum Gasteiger partial charge on any atom is 0.373 e. The molecule has 1 fully saturated rings. The van der Waals surface area contributed by atoms with Gasteiger partial charge < -0.3 is 14.1 Å². The van der Waals surface area contributed by atoms with Crippen LogP contribution in [0.3, 0.4) is 0 Å². The third kappa shape index (κ3) is 4.13. The smallest absolute Gasteiger partial charge is 0.373 e. The van der Waals surface area contributed by atoms with E-state index >= 15 is 0 Å². The predicted octanol–water partition coefficient (Wildman–Crippen LogP) is 2.49. The molecule has 0 aromatic carbocycles. The van der Waals surface area contributed by atoms with Gasteiger partial charge in [0.15, 0.2) is 0 Å². The summed E-state index contributed by atoms with van der Waals surface area (Å²) in [6.07, 6.45) is 0.896. The van der Waals surface area contributed by atoms with Gasteiger partial charge in [-0.1, -0.05) is 0 Å². The molecule has 2 aromatic rings. The summed E-state index contributed by atoms with van der Waals surface area (Å²) in [5.74, 6) is 0.532. The number of methoxy groups -OCH3 is 1. The highest BCUT2D eigenvalue weighted by Gasteiger charge is 2.24. The summed E-state index contributed by atoms with van der Waals surface area (Å²) in [6.45, 7) is 7.45. The van der Waals surface area contributed by atoms with E-state index in [1.165, 1.54) is 18.4 Å². The minimum Gasteiger partial charge on any atom is -0.463 e. The van der Waals surface area contributed by atoms with Gasteiger partial charge in [-0.15, -0.1) is 11.3 Å². The molecule has 1 aliphatic rings. The van der Waals surface area contributed by atoms with Crippen LogP contribution in [-0.4, -0.2) is 59.9 Å². The normalized spacial score (nSPS) is 15.7. The van der Waals surface area contributed by atoms with E-state index in [1.54, 1.807) is 12.1 Å². The number of carbonyl (C=O) groups excluding carboxylic acids is 2. The monoisotopic (exact) mass is 377 g/mol. The Morgan fingerprint density at radius 2 is 2.04 bits per heavy atom. The van der Waals surface area contributed by atoms with Gasteiger partial charge in [0.2, 0.25) is 5.76 Å². The number of hydrogen-bond acceptors (Lipinski definition) is 7. The van der Waals surface area contributed by atoms with Crippen molar-refractivity contribution in [3.63, 3.8) is 0 Å². The van der Waals surface area contributed by atoms with Gasteiger partial charge in [0, 0.05) is 26.2 Å². The number of ether oxygens (including phenoxy) is 1.